The summed E-state index contributed by atoms with van der Waals surface area (Å²) >= 11 is 0. The summed E-state index contributed by atoms with van der Waals surface area (Å²) in [6, 6.07) is 4.02. The van der Waals surface area contributed by atoms with Crippen LogP contribution in [0.5, 0.6) is 5.75 Å². The first kappa shape index (κ1) is 13.5. The summed E-state index contributed by atoms with van der Waals surface area (Å²) < 4.78 is 5.48. The summed E-state index contributed by atoms with van der Waals surface area (Å²) in [6.07, 6.45) is 0. The molecule has 4 heteroatoms. The summed E-state index contributed by atoms with van der Waals surface area (Å²) in [5.41, 5.74) is 8.72. The van der Waals surface area contributed by atoms with E-state index in [2.05, 4.69) is 18.3 Å². The number of hydrogen-bond donors (Lipinski definition) is 2. The average molecular weight is 236 g/mol. The van der Waals surface area contributed by atoms with Crippen LogP contribution in [0.25, 0.3) is 0 Å². The van der Waals surface area contributed by atoms with Crippen LogP contribution in [0.1, 0.15) is 16.7 Å². The van der Waals surface area contributed by atoms with Crippen molar-refractivity contribution in [1.29, 1.82) is 0 Å². The number of aryl methyl sites for hydroxylation is 3. The number of carbonyl (C=O) groups excluding carboxylic acids is 1. The second kappa shape index (κ2) is 6.25. The van der Waals surface area contributed by atoms with Gasteiger partial charge < -0.3 is 15.8 Å². The Balaban J connectivity index is 2.57. The molecule has 94 valence electrons. The molecule has 0 saturated carbocycles. The standard InChI is InChI=1S/C13H20N2O2/c1-9-6-11(3)12(7-10(9)2)17-8-13(16)15-5-4-14/h6-7H,4-5,8,14H2,1-3H3,(H,15,16). The summed E-state index contributed by atoms with van der Waals surface area (Å²) in [4.78, 5) is 11.3. The van der Waals surface area contributed by atoms with Crippen LogP contribution < -0.4 is 15.8 Å². The van der Waals surface area contributed by atoms with Crippen LogP contribution in [0.4, 0.5) is 0 Å². The molecule has 0 aliphatic carbocycles. The zero-order valence-electron chi connectivity index (χ0n) is 10.7. The minimum absolute atomic E-state index is 0.0311. The molecule has 0 heterocycles. The predicted molar refractivity (Wildman–Crippen MR) is 68.2 cm³/mol. The van der Waals surface area contributed by atoms with Crippen molar-refractivity contribution in [1.82, 2.24) is 5.32 Å². The zero-order chi connectivity index (χ0) is 12.8. The van der Waals surface area contributed by atoms with Crippen molar-refractivity contribution in [3.63, 3.8) is 0 Å². The molecule has 1 amide bonds. The fraction of sp³-hybridized carbons (Fsp3) is 0.462. The van der Waals surface area contributed by atoms with Crippen molar-refractivity contribution >= 4 is 5.91 Å². The third kappa shape index (κ3) is 4.07. The lowest BCUT2D eigenvalue weighted by Crippen LogP contribution is -2.33. The Morgan fingerprint density at radius 3 is 2.53 bits per heavy atom. The Labute approximate surface area is 102 Å². The van der Waals surface area contributed by atoms with E-state index in [1.165, 1.54) is 5.56 Å². The minimum atomic E-state index is -0.145. The number of ether oxygens (including phenoxy) is 1. The van der Waals surface area contributed by atoms with Gasteiger partial charge in [0.1, 0.15) is 5.75 Å². The molecule has 3 N–H and O–H groups in total. The summed E-state index contributed by atoms with van der Waals surface area (Å²) in [6.45, 7) is 7.00. The van der Waals surface area contributed by atoms with Crippen molar-refractivity contribution < 1.29 is 9.53 Å². The quantitative estimate of drug-likeness (QED) is 0.803. The van der Waals surface area contributed by atoms with Gasteiger partial charge in [0.05, 0.1) is 0 Å². The Hall–Kier alpha value is -1.55. The average Bonchev–Trinajstić information content (AvgIpc) is 2.29. The number of nitrogens with two attached hydrogens (primary N) is 1. The first-order chi connectivity index (χ1) is 8.04. The molecule has 0 aromatic heterocycles. The van der Waals surface area contributed by atoms with Crippen molar-refractivity contribution in [2.75, 3.05) is 19.7 Å². The van der Waals surface area contributed by atoms with E-state index in [1.54, 1.807) is 0 Å². The predicted octanol–water partition coefficient (Wildman–Crippen LogP) is 1.07. The van der Waals surface area contributed by atoms with Crippen LogP contribution in [0.15, 0.2) is 12.1 Å². The molecular formula is C13H20N2O2. The second-order valence-corrected chi connectivity index (χ2v) is 4.13. The Morgan fingerprint density at radius 1 is 1.24 bits per heavy atom. The largest absolute Gasteiger partial charge is 0.483 e. The molecule has 1 aromatic rings. The summed E-state index contributed by atoms with van der Waals surface area (Å²) in [5, 5.41) is 2.66. The molecule has 0 fully saturated rings. The van der Waals surface area contributed by atoms with Gasteiger partial charge in [0.25, 0.3) is 5.91 Å². The van der Waals surface area contributed by atoms with E-state index < -0.39 is 0 Å². The smallest absolute Gasteiger partial charge is 0.257 e. The third-order valence-electron chi connectivity index (χ3n) is 2.62. The van der Waals surface area contributed by atoms with Gasteiger partial charge in [-0.3, -0.25) is 4.79 Å². The highest BCUT2D eigenvalue weighted by Crippen LogP contribution is 2.22. The number of benzene rings is 1. The fourth-order valence-corrected chi connectivity index (χ4v) is 1.50. The fourth-order valence-electron chi connectivity index (χ4n) is 1.50. The molecule has 4 nitrogen and oxygen atoms in total. The lowest BCUT2D eigenvalue weighted by atomic mass is 10.1. The Kier molecular flexibility index (Phi) is 4.97. The number of rotatable bonds is 5. The van der Waals surface area contributed by atoms with Gasteiger partial charge in [-0.05, 0) is 43.5 Å². The maximum Gasteiger partial charge on any atom is 0.257 e. The van der Waals surface area contributed by atoms with Crippen molar-refractivity contribution in [2.24, 2.45) is 5.73 Å². The first-order valence-corrected chi connectivity index (χ1v) is 5.72. The van der Waals surface area contributed by atoms with E-state index in [9.17, 15) is 4.79 Å². The third-order valence-corrected chi connectivity index (χ3v) is 2.62. The van der Waals surface area contributed by atoms with E-state index >= 15 is 0 Å². The molecule has 0 saturated heterocycles. The maximum atomic E-state index is 11.3. The molecular weight excluding hydrogens is 216 g/mol. The number of nitrogens with one attached hydrogen (secondary N) is 1. The topological polar surface area (TPSA) is 64.3 Å². The lowest BCUT2D eigenvalue weighted by Gasteiger charge is -2.11. The Bertz CT molecular complexity index is 403. The van der Waals surface area contributed by atoms with Gasteiger partial charge in [0.15, 0.2) is 6.61 Å². The van der Waals surface area contributed by atoms with Crippen molar-refractivity contribution in [3.8, 4) is 5.75 Å². The van der Waals surface area contributed by atoms with Crippen molar-refractivity contribution in [2.45, 2.75) is 20.8 Å². The van der Waals surface area contributed by atoms with Crippen LogP contribution in [0.3, 0.4) is 0 Å². The van der Waals surface area contributed by atoms with E-state index in [0.29, 0.717) is 13.1 Å². The molecule has 0 aliphatic heterocycles. The minimum Gasteiger partial charge on any atom is -0.483 e. The van der Waals surface area contributed by atoms with Gasteiger partial charge in [0.2, 0.25) is 0 Å². The molecule has 0 unspecified atom stereocenters. The van der Waals surface area contributed by atoms with Gasteiger partial charge >= 0.3 is 0 Å². The molecule has 0 spiro atoms. The molecule has 0 aliphatic rings. The van der Waals surface area contributed by atoms with E-state index in [4.69, 9.17) is 10.5 Å². The highest BCUT2D eigenvalue weighted by Gasteiger charge is 2.05. The Morgan fingerprint density at radius 2 is 1.88 bits per heavy atom. The highest BCUT2D eigenvalue weighted by atomic mass is 16.5. The van der Waals surface area contributed by atoms with E-state index in [1.807, 2.05) is 19.9 Å². The normalized spacial score (nSPS) is 10.1. The maximum absolute atomic E-state index is 11.3. The van der Waals surface area contributed by atoms with Gasteiger partial charge in [-0.1, -0.05) is 6.07 Å². The van der Waals surface area contributed by atoms with Crippen LogP contribution in [-0.4, -0.2) is 25.6 Å². The molecule has 0 radical (unpaired) electrons. The molecule has 1 rings (SSSR count). The van der Waals surface area contributed by atoms with Gasteiger partial charge in [-0.15, -0.1) is 0 Å². The van der Waals surface area contributed by atoms with Crippen molar-refractivity contribution in [3.05, 3.63) is 28.8 Å². The van der Waals surface area contributed by atoms with Crippen LogP contribution in [0, 0.1) is 20.8 Å². The molecule has 17 heavy (non-hydrogen) atoms. The van der Waals surface area contributed by atoms with Gasteiger partial charge in [-0.2, -0.15) is 0 Å². The number of amides is 1. The summed E-state index contributed by atoms with van der Waals surface area (Å²) in [7, 11) is 0. The zero-order valence-corrected chi connectivity index (χ0v) is 10.7. The second-order valence-electron chi connectivity index (χ2n) is 4.13. The van der Waals surface area contributed by atoms with Gasteiger partial charge in [-0.25, -0.2) is 0 Å². The molecule has 0 atom stereocenters. The van der Waals surface area contributed by atoms with E-state index in [-0.39, 0.29) is 12.5 Å². The van der Waals surface area contributed by atoms with Crippen LogP contribution >= 0.6 is 0 Å². The summed E-state index contributed by atoms with van der Waals surface area (Å²) in [5.74, 6) is 0.615. The van der Waals surface area contributed by atoms with E-state index in [0.717, 1.165) is 16.9 Å². The highest BCUT2D eigenvalue weighted by molar-refractivity contribution is 5.77. The monoisotopic (exact) mass is 236 g/mol. The molecule has 0 bridgehead atoms. The first-order valence-electron chi connectivity index (χ1n) is 5.72. The van der Waals surface area contributed by atoms with Crippen LogP contribution in [0.2, 0.25) is 0 Å². The number of carbonyl (C=O) groups is 1. The lowest BCUT2D eigenvalue weighted by molar-refractivity contribution is -0.123. The molecule has 1 aromatic carbocycles. The van der Waals surface area contributed by atoms with Gasteiger partial charge in [0, 0.05) is 13.1 Å². The SMILES string of the molecule is Cc1cc(C)c(OCC(=O)NCCN)cc1C. The number of hydrogen-bond acceptors (Lipinski definition) is 3. The van der Waals surface area contributed by atoms with Crippen LogP contribution in [-0.2, 0) is 4.79 Å².